The summed E-state index contributed by atoms with van der Waals surface area (Å²) < 4.78 is 0. The molecule has 1 nitrogen and oxygen atoms in total. The van der Waals surface area contributed by atoms with Gasteiger partial charge in [-0.2, -0.15) is 9.24 Å². The van der Waals surface area contributed by atoms with E-state index in [0.29, 0.717) is 6.42 Å². The van der Waals surface area contributed by atoms with E-state index in [0.717, 1.165) is 29.5 Å². The summed E-state index contributed by atoms with van der Waals surface area (Å²) in [5.74, 6) is 1.27. The zero-order chi connectivity index (χ0) is 15.7. The average Bonchev–Trinajstić information content (AvgIpc) is 2.88. The summed E-state index contributed by atoms with van der Waals surface area (Å²) in [6, 6.07) is 10.3. The van der Waals surface area contributed by atoms with Gasteiger partial charge in [0.15, 0.2) is 5.78 Å². The van der Waals surface area contributed by atoms with E-state index >= 15 is 0 Å². The number of halogens is 1. The van der Waals surface area contributed by atoms with Gasteiger partial charge in [-0.15, -0.1) is 0 Å². The van der Waals surface area contributed by atoms with Gasteiger partial charge >= 0.3 is 0 Å². The van der Waals surface area contributed by atoms with Crippen LogP contribution in [0.5, 0.6) is 0 Å². The Bertz CT molecular complexity index is 744. The lowest BCUT2D eigenvalue weighted by Gasteiger charge is -2.21. The molecule has 116 valence electrons. The second-order valence-corrected chi connectivity index (χ2v) is 12.0. The Hall–Kier alpha value is -1.25. The molecular formula is C19H21ClOS. The number of Topliss-reactive ketones (excluding diaryl/α,β-unsaturated/α-hetero) is 1. The van der Waals surface area contributed by atoms with Gasteiger partial charge in [-0.3, -0.25) is 4.79 Å². The third-order valence-electron chi connectivity index (χ3n) is 4.13. The molecule has 0 amide bonds. The maximum Gasteiger partial charge on any atom is 0.163 e. The van der Waals surface area contributed by atoms with Gasteiger partial charge in [-0.25, -0.2) is 0 Å². The van der Waals surface area contributed by atoms with Crippen molar-refractivity contribution in [1.82, 2.24) is 0 Å². The van der Waals surface area contributed by atoms with Gasteiger partial charge in [0.1, 0.15) is 0 Å². The molecule has 2 aromatic rings. The van der Waals surface area contributed by atoms with Gasteiger partial charge < -0.3 is 0 Å². The van der Waals surface area contributed by atoms with Crippen LogP contribution in [0.15, 0.2) is 30.3 Å². The monoisotopic (exact) mass is 332 g/mol. The zero-order valence-corrected chi connectivity index (χ0v) is 14.6. The second kappa shape index (κ2) is 6.10. The first-order chi connectivity index (χ1) is 10.5. The molecule has 3 heteroatoms. The molecule has 0 atom stereocenters. The average molecular weight is 333 g/mol. The predicted octanol–water partition coefficient (Wildman–Crippen LogP) is 5.89. The number of carbonyl (C=O) groups is 1. The highest BCUT2D eigenvalue weighted by molar-refractivity contribution is 8.50. The summed E-state index contributed by atoms with van der Waals surface area (Å²) in [6.07, 6.45) is 11.0. The fraction of sp³-hybridized carbons (Fsp3) is 0.316. The van der Waals surface area contributed by atoms with E-state index in [2.05, 4.69) is 42.9 Å². The molecule has 0 saturated heterocycles. The van der Waals surface area contributed by atoms with Crippen molar-refractivity contribution in [3.8, 4) is 0 Å². The molecule has 0 aromatic heterocycles. The molecule has 0 bridgehead atoms. The standard InChI is InChI=1S/C19H21ClOS/c1-22(2,20)13-4-3-8-18(21)16-12-11-15-10-9-14-6-5-7-17(16)19(14)15/h5-7,9-12H,3-4,8,13H2,1-2H3. The number of unbranched alkanes of at least 4 members (excludes halogenated alkanes) is 1. The lowest BCUT2D eigenvalue weighted by molar-refractivity contribution is 0.0981. The molecule has 1 aliphatic carbocycles. The Kier molecular flexibility index (Phi) is 4.33. The van der Waals surface area contributed by atoms with Crippen LogP contribution in [0.4, 0.5) is 0 Å². The highest BCUT2D eigenvalue weighted by Gasteiger charge is 2.16. The smallest absolute Gasteiger partial charge is 0.163 e. The minimum atomic E-state index is -0.972. The van der Waals surface area contributed by atoms with Gasteiger partial charge in [0.25, 0.3) is 0 Å². The normalized spacial score (nSPS) is 13.8. The van der Waals surface area contributed by atoms with Crippen molar-refractivity contribution in [2.45, 2.75) is 19.3 Å². The molecule has 0 aliphatic heterocycles. The lowest BCUT2D eigenvalue weighted by atomic mass is 9.95. The Morgan fingerprint density at radius 3 is 2.50 bits per heavy atom. The fourth-order valence-electron chi connectivity index (χ4n) is 3.03. The third kappa shape index (κ3) is 3.23. The molecule has 3 rings (SSSR count). The first kappa shape index (κ1) is 15.6. The number of carbonyl (C=O) groups excluding carboxylic acids is 1. The van der Waals surface area contributed by atoms with E-state index in [1.807, 2.05) is 12.1 Å². The molecule has 0 N–H and O–H groups in total. The number of rotatable bonds is 6. The summed E-state index contributed by atoms with van der Waals surface area (Å²) in [7, 11) is 5.31. The van der Waals surface area contributed by atoms with E-state index in [9.17, 15) is 4.79 Å². The van der Waals surface area contributed by atoms with Crippen molar-refractivity contribution < 1.29 is 4.79 Å². The van der Waals surface area contributed by atoms with E-state index in [1.54, 1.807) is 0 Å². The molecule has 0 saturated carbocycles. The first-order valence-electron chi connectivity index (χ1n) is 7.63. The van der Waals surface area contributed by atoms with Crippen molar-refractivity contribution in [1.29, 1.82) is 0 Å². The number of hydrogen-bond acceptors (Lipinski definition) is 1. The largest absolute Gasteiger partial charge is 0.294 e. The van der Waals surface area contributed by atoms with Crippen LogP contribution in [0.3, 0.4) is 0 Å². The second-order valence-electron chi connectivity index (χ2n) is 6.29. The van der Waals surface area contributed by atoms with Gasteiger partial charge in [0, 0.05) is 12.0 Å². The van der Waals surface area contributed by atoms with Crippen molar-refractivity contribution in [3.63, 3.8) is 0 Å². The van der Waals surface area contributed by atoms with Crippen molar-refractivity contribution >= 4 is 48.6 Å². The summed E-state index contributed by atoms with van der Waals surface area (Å²) in [5, 5.41) is 2.31. The highest BCUT2D eigenvalue weighted by atomic mass is 35.7. The van der Waals surface area contributed by atoms with Crippen LogP contribution in [-0.4, -0.2) is 24.0 Å². The molecule has 0 radical (unpaired) electrons. The van der Waals surface area contributed by atoms with Crippen LogP contribution in [0.25, 0.3) is 22.9 Å². The van der Waals surface area contributed by atoms with Crippen LogP contribution in [0.1, 0.15) is 40.7 Å². The van der Waals surface area contributed by atoms with Crippen LogP contribution in [0, 0.1) is 0 Å². The summed E-state index contributed by atoms with van der Waals surface area (Å²) in [4.78, 5) is 12.6. The van der Waals surface area contributed by atoms with Gasteiger partial charge in [0.05, 0.1) is 0 Å². The van der Waals surface area contributed by atoms with Crippen LogP contribution >= 0.6 is 19.9 Å². The van der Waals surface area contributed by atoms with E-state index < -0.39 is 9.24 Å². The Morgan fingerprint density at radius 1 is 1.05 bits per heavy atom. The molecule has 22 heavy (non-hydrogen) atoms. The van der Waals surface area contributed by atoms with Gasteiger partial charge in [-0.1, -0.05) is 53.2 Å². The number of benzene rings is 2. The van der Waals surface area contributed by atoms with Gasteiger partial charge in [-0.05, 0) is 53.0 Å². The summed E-state index contributed by atoms with van der Waals surface area (Å²) in [6.45, 7) is 0. The zero-order valence-electron chi connectivity index (χ0n) is 13.1. The molecule has 0 fully saturated rings. The molecule has 1 aliphatic rings. The van der Waals surface area contributed by atoms with E-state index in [1.165, 1.54) is 16.5 Å². The number of hydrogen-bond donors (Lipinski definition) is 0. The molecular weight excluding hydrogens is 312 g/mol. The van der Waals surface area contributed by atoms with Crippen LogP contribution < -0.4 is 0 Å². The van der Waals surface area contributed by atoms with Crippen molar-refractivity contribution in [2.75, 3.05) is 18.3 Å². The Morgan fingerprint density at radius 2 is 1.77 bits per heavy atom. The van der Waals surface area contributed by atoms with Crippen molar-refractivity contribution in [3.05, 3.63) is 47.0 Å². The maximum atomic E-state index is 12.6. The lowest BCUT2D eigenvalue weighted by Crippen LogP contribution is -2.02. The molecule has 0 heterocycles. The number of ketones is 1. The van der Waals surface area contributed by atoms with E-state index in [4.69, 9.17) is 10.7 Å². The minimum Gasteiger partial charge on any atom is -0.294 e. The van der Waals surface area contributed by atoms with Crippen LogP contribution in [-0.2, 0) is 0 Å². The predicted molar refractivity (Wildman–Crippen MR) is 101 cm³/mol. The van der Waals surface area contributed by atoms with Gasteiger partial charge in [0.2, 0.25) is 0 Å². The Balaban J connectivity index is 1.76. The van der Waals surface area contributed by atoms with E-state index in [-0.39, 0.29) is 5.78 Å². The SMILES string of the molecule is CS(C)(Cl)CCCCC(=O)c1ccc2c3c(cccc13)C=C2. The summed E-state index contributed by atoms with van der Waals surface area (Å²) >= 11 is 0. The third-order valence-corrected chi connectivity index (χ3v) is 5.85. The maximum absolute atomic E-state index is 12.6. The Labute approximate surface area is 138 Å². The highest BCUT2D eigenvalue weighted by Crippen LogP contribution is 2.46. The van der Waals surface area contributed by atoms with Crippen molar-refractivity contribution in [2.24, 2.45) is 0 Å². The minimum absolute atomic E-state index is 0.248. The molecule has 2 aromatic carbocycles. The quantitative estimate of drug-likeness (QED) is 0.406. The topological polar surface area (TPSA) is 17.1 Å². The summed E-state index contributed by atoms with van der Waals surface area (Å²) in [5.41, 5.74) is 3.30. The molecule has 0 unspecified atom stereocenters. The van der Waals surface area contributed by atoms with Crippen LogP contribution in [0.2, 0.25) is 0 Å². The molecule has 0 spiro atoms. The first-order valence-corrected chi connectivity index (χ1v) is 11.1. The fourth-order valence-corrected chi connectivity index (χ4v) is 4.25.